The summed E-state index contributed by atoms with van der Waals surface area (Å²) >= 11 is 1.68. The van der Waals surface area contributed by atoms with Crippen LogP contribution >= 0.6 is 35.3 Å². The zero-order valence-corrected chi connectivity index (χ0v) is 19.4. The van der Waals surface area contributed by atoms with Gasteiger partial charge in [0.2, 0.25) is 10.0 Å². The van der Waals surface area contributed by atoms with E-state index in [0.717, 1.165) is 30.4 Å². The average Bonchev–Trinajstić information content (AvgIpc) is 3.04. The van der Waals surface area contributed by atoms with Crippen molar-refractivity contribution in [2.75, 3.05) is 32.4 Å². The molecule has 0 aliphatic carbocycles. The summed E-state index contributed by atoms with van der Waals surface area (Å²) in [6.45, 7) is 8.25. The van der Waals surface area contributed by atoms with Crippen molar-refractivity contribution >= 4 is 51.3 Å². The molecule has 2 N–H and O–H groups in total. The fourth-order valence-electron chi connectivity index (χ4n) is 1.94. The average molecular weight is 503 g/mol. The van der Waals surface area contributed by atoms with Gasteiger partial charge in [0.25, 0.3) is 0 Å². The highest BCUT2D eigenvalue weighted by molar-refractivity contribution is 14.0. The molecule has 10 heteroatoms. The van der Waals surface area contributed by atoms with Gasteiger partial charge in [-0.1, -0.05) is 6.92 Å². The zero-order valence-electron chi connectivity index (χ0n) is 15.4. The second kappa shape index (κ2) is 12.8. The summed E-state index contributed by atoms with van der Waals surface area (Å²) < 4.78 is 24.8. The number of sulfonamides is 1. The van der Waals surface area contributed by atoms with Crippen LogP contribution in [0.5, 0.6) is 0 Å². The van der Waals surface area contributed by atoms with Crippen LogP contribution < -0.4 is 10.6 Å². The molecule has 7 nitrogen and oxygen atoms in total. The molecule has 1 aromatic rings. The molecular weight excluding hydrogens is 473 g/mol. The van der Waals surface area contributed by atoms with Gasteiger partial charge in [-0.3, -0.25) is 0 Å². The largest absolute Gasteiger partial charge is 0.357 e. The summed E-state index contributed by atoms with van der Waals surface area (Å²) in [6.07, 6.45) is 3.62. The predicted molar refractivity (Wildman–Crippen MR) is 116 cm³/mol. The Morgan fingerprint density at radius 2 is 2.04 bits per heavy atom. The summed E-state index contributed by atoms with van der Waals surface area (Å²) in [6, 6.07) is 0. The quantitative estimate of drug-likeness (QED) is 0.221. The van der Waals surface area contributed by atoms with Crippen LogP contribution in [0.4, 0.5) is 0 Å². The molecule has 0 atom stereocenters. The highest BCUT2D eigenvalue weighted by atomic mass is 127. The number of halogens is 1. The van der Waals surface area contributed by atoms with Gasteiger partial charge in [0, 0.05) is 37.8 Å². The number of hydrogen-bond donors (Lipinski definition) is 2. The Balaban J connectivity index is 0.00000576. The molecule has 0 amide bonds. The molecule has 0 saturated carbocycles. The smallest absolute Gasteiger partial charge is 0.213 e. The Labute approximate surface area is 172 Å². The number of nitrogens with one attached hydrogen (secondary N) is 2. The van der Waals surface area contributed by atoms with E-state index in [0.29, 0.717) is 19.6 Å². The Kier molecular flexibility index (Phi) is 12.6. The number of thiazole rings is 1. The molecule has 0 aromatic carbocycles. The van der Waals surface area contributed by atoms with Crippen LogP contribution in [0.2, 0.25) is 0 Å². The van der Waals surface area contributed by atoms with Crippen molar-refractivity contribution in [2.24, 2.45) is 4.99 Å². The minimum Gasteiger partial charge on any atom is -0.357 e. The number of nitrogens with zero attached hydrogens (tertiary/aromatic N) is 3. The summed E-state index contributed by atoms with van der Waals surface area (Å²) in [5, 5.41) is 7.42. The minimum absolute atomic E-state index is 0. The molecule has 0 bridgehead atoms. The van der Waals surface area contributed by atoms with Gasteiger partial charge in [0.1, 0.15) is 5.01 Å². The molecular formula is C15H30IN5O2S2. The van der Waals surface area contributed by atoms with Gasteiger partial charge in [-0.05, 0) is 26.7 Å². The summed E-state index contributed by atoms with van der Waals surface area (Å²) in [4.78, 5) is 10.1. The first-order chi connectivity index (χ1) is 11.4. The molecule has 1 heterocycles. The molecule has 1 aromatic heterocycles. The van der Waals surface area contributed by atoms with E-state index >= 15 is 0 Å². The van der Waals surface area contributed by atoms with Gasteiger partial charge < -0.3 is 10.6 Å². The van der Waals surface area contributed by atoms with E-state index in [1.807, 2.05) is 13.1 Å². The third kappa shape index (κ3) is 9.15. The third-order valence-corrected chi connectivity index (χ3v) is 6.44. The van der Waals surface area contributed by atoms with Gasteiger partial charge in [-0.25, -0.2) is 22.7 Å². The fraction of sp³-hybridized carbons (Fsp3) is 0.733. The fourth-order valence-corrected chi connectivity index (χ4v) is 3.58. The van der Waals surface area contributed by atoms with Crippen molar-refractivity contribution < 1.29 is 8.42 Å². The molecule has 0 aliphatic rings. The van der Waals surface area contributed by atoms with Crippen molar-refractivity contribution in [1.82, 2.24) is 19.9 Å². The maximum absolute atomic E-state index is 11.7. The van der Waals surface area contributed by atoms with Crippen molar-refractivity contribution in [3.05, 3.63) is 16.1 Å². The lowest BCUT2D eigenvalue weighted by molar-refractivity contribution is 0.461. The summed E-state index contributed by atoms with van der Waals surface area (Å²) in [5.74, 6) is 0.862. The Bertz CT molecular complexity index is 619. The topological polar surface area (TPSA) is 86.7 Å². The Morgan fingerprint density at radius 3 is 2.60 bits per heavy atom. The van der Waals surface area contributed by atoms with Gasteiger partial charge >= 0.3 is 0 Å². The van der Waals surface area contributed by atoms with Crippen LogP contribution in [-0.4, -0.2) is 56.1 Å². The van der Waals surface area contributed by atoms with Gasteiger partial charge in [-0.2, -0.15) is 0 Å². The molecule has 25 heavy (non-hydrogen) atoms. The normalized spacial score (nSPS) is 12.1. The lowest BCUT2D eigenvalue weighted by atomic mass is 10.4. The SMILES string of the molecule is CCNC(=NCc1ncc(CC)s1)NCCCN(C)S(=O)(=O)CC.I. The van der Waals surface area contributed by atoms with E-state index in [-0.39, 0.29) is 29.7 Å². The Morgan fingerprint density at radius 1 is 1.32 bits per heavy atom. The van der Waals surface area contributed by atoms with Gasteiger partial charge in [0.15, 0.2) is 5.96 Å². The second-order valence-corrected chi connectivity index (χ2v) is 8.84. The molecule has 0 saturated heterocycles. The lowest BCUT2D eigenvalue weighted by Gasteiger charge is -2.16. The van der Waals surface area contributed by atoms with E-state index in [2.05, 4.69) is 27.5 Å². The second-order valence-electron chi connectivity index (χ2n) is 5.27. The van der Waals surface area contributed by atoms with Crippen molar-refractivity contribution in [1.29, 1.82) is 0 Å². The van der Waals surface area contributed by atoms with Gasteiger partial charge in [-0.15, -0.1) is 35.3 Å². The maximum Gasteiger partial charge on any atom is 0.213 e. The van der Waals surface area contributed by atoms with E-state index < -0.39 is 10.0 Å². The van der Waals surface area contributed by atoms with Crippen LogP contribution in [0.25, 0.3) is 0 Å². The number of aromatic nitrogens is 1. The molecule has 0 spiro atoms. The minimum atomic E-state index is -3.10. The number of hydrogen-bond acceptors (Lipinski definition) is 5. The molecule has 0 unspecified atom stereocenters. The predicted octanol–water partition coefficient (Wildman–Crippen LogP) is 2.05. The van der Waals surface area contributed by atoms with Crippen LogP contribution in [0.1, 0.15) is 37.1 Å². The monoisotopic (exact) mass is 503 g/mol. The van der Waals surface area contributed by atoms with Crippen LogP contribution in [0.15, 0.2) is 11.2 Å². The van der Waals surface area contributed by atoms with E-state index in [9.17, 15) is 8.42 Å². The third-order valence-electron chi connectivity index (χ3n) is 3.45. The van der Waals surface area contributed by atoms with E-state index in [1.165, 1.54) is 9.18 Å². The van der Waals surface area contributed by atoms with Crippen molar-refractivity contribution in [2.45, 2.75) is 40.2 Å². The van der Waals surface area contributed by atoms with E-state index in [4.69, 9.17) is 0 Å². The van der Waals surface area contributed by atoms with Gasteiger partial charge in [0.05, 0.1) is 12.3 Å². The highest BCUT2D eigenvalue weighted by Crippen LogP contribution is 2.13. The number of guanidine groups is 1. The first-order valence-corrected chi connectivity index (χ1v) is 10.7. The zero-order chi connectivity index (χ0) is 18.0. The van der Waals surface area contributed by atoms with Crippen molar-refractivity contribution in [3.8, 4) is 0 Å². The first-order valence-electron chi connectivity index (χ1n) is 8.32. The number of rotatable bonds is 10. The molecule has 146 valence electrons. The summed E-state index contributed by atoms with van der Waals surface area (Å²) in [5.41, 5.74) is 0. The van der Waals surface area contributed by atoms with Crippen LogP contribution in [0, 0.1) is 0 Å². The molecule has 0 radical (unpaired) electrons. The highest BCUT2D eigenvalue weighted by Gasteiger charge is 2.13. The molecule has 0 fully saturated rings. The van der Waals surface area contributed by atoms with Crippen LogP contribution in [0.3, 0.4) is 0 Å². The molecule has 0 aliphatic heterocycles. The number of aryl methyl sites for hydroxylation is 1. The van der Waals surface area contributed by atoms with Crippen molar-refractivity contribution in [3.63, 3.8) is 0 Å². The summed E-state index contributed by atoms with van der Waals surface area (Å²) in [7, 11) is -1.49. The maximum atomic E-state index is 11.7. The molecule has 1 rings (SSSR count). The Hall–Kier alpha value is -0.460. The lowest BCUT2D eigenvalue weighted by Crippen LogP contribution is -2.39. The number of aliphatic imine (C=N–C) groups is 1. The van der Waals surface area contributed by atoms with Crippen LogP contribution in [-0.2, 0) is 23.0 Å². The van der Waals surface area contributed by atoms with E-state index in [1.54, 1.807) is 25.3 Å². The first kappa shape index (κ1) is 24.5. The standard InChI is InChI=1S/C15H29N5O2S2.HI/c1-5-13-11-18-14(23-13)12-19-15(16-6-2)17-9-8-10-20(4)24(21,22)7-3;/h11H,5-10,12H2,1-4H3,(H2,16,17,19);1H.